The lowest BCUT2D eigenvalue weighted by molar-refractivity contribution is -0.125. The van der Waals surface area contributed by atoms with Crippen molar-refractivity contribution in [2.75, 3.05) is 5.32 Å². The fraction of sp³-hybridized carbons (Fsp3) is 0.600. The number of nitrogens with one attached hydrogen (secondary N) is 2. The van der Waals surface area contributed by atoms with E-state index in [2.05, 4.69) is 10.6 Å². The van der Waals surface area contributed by atoms with Gasteiger partial charge in [0.05, 0.1) is 11.8 Å². The third kappa shape index (κ3) is 3.97. The molecule has 4 heteroatoms. The van der Waals surface area contributed by atoms with E-state index in [0.29, 0.717) is 12.5 Å². The lowest BCUT2D eigenvalue weighted by Crippen LogP contribution is -2.36. The Labute approximate surface area is 144 Å². The van der Waals surface area contributed by atoms with Crippen molar-refractivity contribution in [3.63, 3.8) is 0 Å². The first-order valence-corrected chi connectivity index (χ1v) is 9.23. The summed E-state index contributed by atoms with van der Waals surface area (Å²) in [6.07, 6.45) is 7.79. The molecule has 0 saturated heterocycles. The van der Waals surface area contributed by atoms with Crippen LogP contribution in [0, 0.1) is 25.7 Å². The molecule has 0 radical (unpaired) electrons. The summed E-state index contributed by atoms with van der Waals surface area (Å²) >= 11 is 0. The summed E-state index contributed by atoms with van der Waals surface area (Å²) in [6, 6.07) is 6.21. The Morgan fingerprint density at radius 2 is 1.62 bits per heavy atom. The van der Waals surface area contributed by atoms with Crippen LogP contribution in [0.15, 0.2) is 18.2 Å². The molecule has 1 aromatic rings. The van der Waals surface area contributed by atoms with Crippen LogP contribution in [0.1, 0.15) is 56.1 Å². The molecule has 2 atom stereocenters. The Bertz CT molecular complexity index is 618. The van der Waals surface area contributed by atoms with Crippen molar-refractivity contribution in [1.29, 1.82) is 0 Å². The number of carbonyl (C=O) groups is 2. The van der Waals surface area contributed by atoms with Crippen molar-refractivity contribution in [3.8, 4) is 0 Å². The number of amides is 2. The number of hydrogen-bond donors (Lipinski definition) is 2. The lowest BCUT2D eigenvalue weighted by Gasteiger charge is -2.16. The minimum atomic E-state index is -0.171. The molecule has 2 aliphatic carbocycles. The molecule has 2 fully saturated rings. The van der Waals surface area contributed by atoms with E-state index in [1.165, 1.54) is 25.7 Å². The molecule has 3 rings (SSSR count). The maximum absolute atomic E-state index is 12.4. The Morgan fingerprint density at radius 1 is 0.958 bits per heavy atom. The number of aryl methyl sites for hydroxylation is 1. The molecule has 1 aromatic carbocycles. The maximum atomic E-state index is 12.4. The molecule has 4 nitrogen and oxygen atoms in total. The summed E-state index contributed by atoms with van der Waals surface area (Å²) < 4.78 is 0. The van der Waals surface area contributed by atoms with Gasteiger partial charge in [-0.3, -0.25) is 9.59 Å². The predicted octanol–water partition coefficient (Wildman–Crippen LogP) is 3.72. The van der Waals surface area contributed by atoms with E-state index in [0.717, 1.165) is 29.7 Å². The molecule has 130 valence electrons. The van der Waals surface area contributed by atoms with E-state index in [-0.39, 0.29) is 23.7 Å². The van der Waals surface area contributed by atoms with Crippen LogP contribution in [0.5, 0.6) is 0 Å². The molecule has 0 aromatic heterocycles. The second-order valence-corrected chi connectivity index (χ2v) is 7.38. The first-order valence-electron chi connectivity index (χ1n) is 9.23. The summed E-state index contributed by atoms with van der Waals surface area (Å²) in [4.78, 5) is 24.8. The van der Waals surface area contributed by atoms with Gasteiger partial charge in [-0.15, -0.1) is 0 Å². The summed E-state index contributed by atoms with van der Waals surface area (Å²) in [6.45, 7) is 4.04. The Hall–Kier alpha value is -1.84. The highest BCUT2D eigenvalue weighted by molar-refractivity contribution is 6.00. The van der Waals surface area contributed by atoms with Gasteiger partial charge in [-0.25, -0.2) is 0 Å². The van der Waals surface area contributed by atoms with Gasteiger partial charge >= 0.3 is 0 Å². The highest BCUT2D eigenvalue weighted by Crippen LogP contribution is 2.40. The zero-order valence-electron chi connectivity index (χ0n) is 14.7. The van der Waals surface area contributed by atoms with Gasteiger partial charge < -0.3 is 10.6 Å². The lowest BCUT2D eigenvalue weighted by atomic mass is 10.1. The minimum Gasteiger partial charge on any atom is -0.353 e. The fourth-order valence-electron chi connectivity index (χ4n) is 3.62. The van der Waals surface area contributed by atoms with Crippen LogP contribution >= 0.6 is 0 Å². The summed E-state index contributed by atoms with van der Waals surface area (Å²) in [5, 5.41) is 6.16. The molecule has 2 amide bonds. The molecular weight excluding hydrogens is 300 g/mol. The summed E-state index contributed by atoms with van der Waals surface area (Å²) in [5.41, 5.74) is 3.10. The average molecular weight is 328 g/mol. The highest BCUT2D eigenvalue weighted by atomic mass is 16.2. The normalized spacial score (nSPS) is 24.1. The van der Waals surface area contributed by atoms with Gasteiger partial charge in [0.25, 0.3) is 0 Å². The molecule has 0 spiro atoms. The van der Waals surface area contributed by atoms with Crippen molar-refractivity contribution in [3.05, 3.63) is 29.3 Å². The van der Waals surface area contributed by atoms with E-state index >= 15 is 0 Å². The minimum absolute atomic E-state index is 0.0234. The van der Waals surface area contributed by atoms with Crippen LogP contribution in [0.3, 0.4) is 0 Å². The molecular formula is C20H28N2O2. The van der Waals surface area contributed by atoms with E-state index in [1.54, 1.807) is 0 Å². The Morgan fingerprint density at radius 3 is 2.33 bits per heavy atom. The monoisotopic (exact) mass is 328 g/mol. The highest BCUT2D eigenvalue weighted by Gasteiger charge is 2.48. The van der Waals surface area contributed by atoms with Crippen molar-refractivity contribution in [2.24, 2.45) is 11.8 Å². The third-order valence-electron chi connectivity index (χ3n) is 5.53. The average Bonchev–Trinajstić information content (AvgIpc) is 3.36. The number of rotatable bonds is 4. The largest absolute Gasteiger partial charge is 0.353 e. The van der Waals surface area contributed by atoms with Crippen LogP contribution < -0.4 is 10.6 Å². The van der Waals surface area contributed by atoms with Crippen molar-refractivity contribution in [1.82, 2.24) is 5.32 Å². The van der Waals surface area contributed by atoms with Gasteiger partial charge in [0, 0.05) is 11.7 Å². The molecule has 24 heavy (non-hydrogen) atoms. The Balaban J connectivity index is 1.51. The third-order valence-corrected chi connectivity index (χ3v) is 5.53. The van der Waals surface area contributed by atoms with Gasteiger partial charge in [-0.1, -0.05) is 37.8 Å². The smallest absolute Gasteiger partial charge is 0.228 e. The van der Waals surface area contributed by atoms with Gasteiger partial charge in [0.2, 0.25) is 11.8 Å². The molecule has 2 N–H and O–H groups in total. The first-order chi connectivity index (χ1) is 11.6. The van der Waals surface area contributed by atoms with Crippen LogP contribution in [-0.4, -0.2) is 17.9 Å². The molecule has 2 unspecified atom stereocenters. The molecule has 2 aliphatic rings. The fourth-order valence-corrected chi connectivity index (χ4v) is 3.62. The zero-order chi connectivity index (χ0) is 17.1. The van der Waals surface area contributed by atoms with Gasteiger partial charge in [-0.2, -0.15) is 0 Å². The van der Waals surface area contributed by atoms with Crippen molar-refractivity contribution >= 4 is 17.5 Å². The topological polar surface area (TPSA) is 58.2 Å². The van der Waals surface area contributed by atoms with Crippen molar-refractivity contribution < 1.29 is 9.59 Å². The molecule has 0 aliphatic heterocycles. The molecule has 0 bridgehead atoms. The van der Waals surface area contributed by atoms with E-state index < -0.39 is 0 Å². The maximum Gasteiger partial charge on any atom is 0.228 e. The van der Waals surface area contributed by atoms with E-state index in [1.807, 2.05) is 32.0 Å². The van der Waals surface area contributed by atoms with Crippen LogP contribution in [0.2, 0.25) is 0 Å². The van der Waals surface area contributed by atoms with Crippen LogP contribution in [0.25, 0.3) is 0 Å². The number of carbonyl (C=O) groups excluding carboxylic acids is 2. The van der Waals surface area contributed by atoms with Crippen LogP contribution in [-0.2, 0) is 9.59 Å². The van der Waals surface area contributed by atoms with Crippen LogP contribution in [0.4, 0.5) is 5.69 Å². The summed E-state index contributed by atoms with van der Waals surface area (Å²) in [7, 11) is 0. The molecule has 0 heterocycles. The number of benzene rings is 1. The quantitative estimate of drug-likeness (QED) is 0.828. The first kappa shape index (κ1) is 17.0. The van der Waals surface area contributed by atoms with E-state index in [4.69, 9.17) is 0 Å². The van der Waals surface area contributed by atoms with Gasteiger partial charge in [-0.05, 0) is 50.3 Å². The number of hydrogen-bond acceptors (Lipinski definition) is 2. The Kier molecular flexibility index (Phi) is 5.22. The second-order valence-electron chi connectivity index (χ2n) is 7.38. The van der Waals surface area contributed by atoms with Gasteiger partial charge in [0.15, 0.2) is 0 Å². The summed E-state index contributed by atoms with van der Waals surface area (Å²) in [5.74, 6) is -0.262. The zero-order valence-corrected chi connectivity index (χ0v) is 14.7. The predicted molar refractivity (Wildman–Crippen MR) is 95.8 cm³/mol. The standard InChI is InChI=1S/C20H28N2O2/c1-13-8-7-11-18(14(13)2)22-20(24)17-12-16(17)19(23)21-15-9-5-3-4-6-10-15/h7-8,11,15-17H,3-6,9-10,12H2,1-2H3,(H,21,23)(H,22,24). The number of anilines is 1. The second kappa shape index (κ2) is 7.37. The molecule has 2 saturated carbocycles. The SMILES string of the molecule is Cc1cccc(NC(=O)C2CC2C(=O)NC2CCCCCC2)c1C. The van der Waals surface area contributed by atoms with Crippen molar-refractivity contribution in [2.45, 2.75) is 64.8 Å². The van der Waals surface area contributed by atoms with E-state index in [9.17, 15) is 9.59 Å². The van der Waals surface area contributed by atoms with Gasteiger partial charge in [0.1, 0.15) is 0 Å².